The van der Waals surface area contributed by atoms with Crippen LogP contribution in [0.15, 0.2) is 0 Å². The monoisotopic (exact) mass is 256 g/mol. The van der Waals surface area contributed by atoms with Crippen LogP contribution in [0.1, 0.15) is 26.7 Å². The maximum absolute atomic E-state index is 12.6. The number of carbonyl (C=O) groups is 1. The van der Waals surface area contributed by atoms with Crippen LogP contribution in [-0.4, -0.2) is 47.3 Å². The van der Waals surface area contributed by atoms with Crippen LogP contribution >= 0.6 is 0 Å². The number of aliphatic hydroxyl groups is 1. The molecule has 17 heavy (non-hydrogen) atoms. The van der Waals surface area contributed by atoms with Crippen molar-refractivity contribution in [2.75, 3.05) is 19.7 Å². The standard InChI is InChI=1S/C10H19F3N2O2/c1-3-4-5-15(6-7-16)8(17)9(2,14)10(11,12)13/h16H,3-7,14H2,1-2H3. The van der Waals surface area contributed by atoms with Crippen molar-refractivity contribution in [1.29, 1.82) is 0 Å². The van der Waals surface area contributed by atoms with Crippen LogP contribution in [0.3, 0.4) is 0 Å². The van der Waals surface area contributed by atoms with E-state index in [4.69, 9.17) is 10.8 Å². The Kier molecular flexibility index (Phi) is 5.91. The normalized spacial score (nSPS) is 15.5. The van der Waals surface area contributed by atoms with Gasteiger partial charge in [0, 0.05) is 13.1 Å². The maximum Gasteiger partial charge on any atom is 0.415 e. The van der Waals surface area contributed by atoms with Crippen molar-refractivity contribution in [3.63, 3.8) is 0 Å². The third-order valence-corrected chi connectivity index (χ3v) is 2.47. The zero-order valence-electron chi connectivity index (χ0n) is 10.0. The van der Waals surface area contributed by atoms with Gasteiger partial charge in [-0.1, -0.05) is 13.3 Å². The number of halogens is 3. The molecule has 0 fully saturated rings. The number of hydrogen-bond donors (Lipinski definition) is 2. The van der Waals surface area contributed by atoms with Crippen molar-refractivity contribution in [2.45, 2.75) is 38.4 Å². The number of amides is 1. The summed E-state index contributed by atoms with van der Waals surface area (Å²) in [6, 6.07) is 0. The minimum atomic E-state index is -4.80. The molecule has 0 aromatic rings. The molecular weight excluding hydrogens is 237 g/mol. The van der Waals surface area contributed by atoms with Gasteiger partial charge in [0.25, 0.3) is 5.91 Å². The Hall–Kier alpha value is -0.820. The second-order valence-electron chi connectivity index (χ2n) is 4.07. The summed E-state index contributed by atoms with van der Waals surface area (Å²) in [5.41, 5.74) is 2.14. The van der Waals surface area contributed by atoms with Gasteiger partial charge in [-0.05, 0) is 13.3 Å². The summed E-state index contributed by atoms with van der Waals surface area (Å²) in [5.74, 6) is -1.20. The third kappa shape index (κ3) is 4.16. The number of alkyl halides is 3. The van der Waals surface area contributed by atoms with Crippen molar-refractivity contribution >= 4 is 5.91 Å². The molecule has 0 bridgehead atoms. The molecule has 7 heteroatoms. The fraction of sp³-hybridized carbons (Fsp3) is 0.900. The van der Waals surface area contributed by atoms with Gasteiger partial charge in [-0.2, -0.15) is 13.2 Å². The van der Waals surface area contributed by atoms with E-state index in [0.29, 0.717) is 13.3 Å². The number of aliphatic hydroxyl groups excluding tert-OH is 1. The molecule has 1 unspecified atom stereocenters. The average Bonchev–Trinajstić information content (AvgIpc) is 2.21. The van der Waals surface area contributed by atoms with E-state index in [0.717, 1.165) is 11.3 Å². The van der Waals surface area contributed by atoms with Crippen molar-refractivity contribution in [1.82, 2.24) is 4.90 Å². The minimum Gasteiger partial charge on any atom is -0.395 e. The molecule has 0 radical (unpaired) electrons. The number of hydrogen-bond acceptors (Lipinski definition) is 3. The first-order chi connectivity index (χ1) is 7.68. The van der Waals surface area contributed by atoms with Crippen LogP contribution in [0.4, 0.5) is 13.2 Å². The zero-order valence-corrected chi connectivity index (χ0v) is 10.0. The number of nitrogens with two attached hydrogens (primary N) is 1. The van der Waals surface area contributed by atoms with E-state index in [1.54, 1.807) is 0 Å². The average molecular weight is 256 g/mol. The van der Waals surface area contributed by atoms with E-state index in [9.17, 15) is 18.0 Å². The Labute approximate surface area is 98.6 Å². The maximum atomic E-state index is 12.6. The molecule has 3 N–H and O–H groups in total. The predicted octanol–water partition coefficient (Wildman–Crippen LogP) is 0.887. The number of carbonyl (C=O) groups excluding carboxylic acids is 1. The topological polar surface area (TPSA) is 66.6 Å². The van der Waals surface area contributed by atoms with Crippen LogP contribution in [0.2, 0.25) is 0 Å². The van der Waals surface area contributed by atoms with Gasteiger partial charge in [0.1, 0.15) is 0 Å². The first-order valence-electron chi connectivity index (χ1n) is 5.44. The Balaban J connectivity index is 4.81. The smallest absolute Gasteiger partial charge is 0.395 e. The molecule has 1 atom stereocenters. The first kappa shape index (κ1) is 16.2. The molecule has 1 amide bonds. The second kappa shape index (κ2) is 6.20. The Morgan fingerprint density at radius 3 is 2.24 bits per heavy atom. The Morgan fingerprint density at radius 2 is 1.88 bits per heavy atom. The van der Waals surface area contributed by atoms with Gasteiger partial charge in [0.05, 0.1) is 6.61 Å². The van der Waals surface area contributed by atoms with Gasteiger partial charge in [0.2, 0.25) is 0 Å². The summed E-state index contributed by atoms with van der Waals surface area (Å²) < 4.78 is 37.7. The highest BCUT2D eigenvalue weighted by Gasteiger charge is 2.55. The lowest BCUT2D eigenvalue weighted by molar-refractivity contribution is -0.194. The molecule has 4 nitrogen and oxygen atoms in total. The molecule has 0 aromatic carbocycles. The molecule has 0 heterocycles. The van der Waals surface area contributed by atoms with Crippen LogP contribution in [0, 0.1) is 0 Å². The third-order valence-electron chi connectivity index (χ3n) is 2.47. The predicted molar refractivity (Wildman–Crippen MR) is 57.2 cm³/mol. The lowest BCUT2D eigenvalue weighted by Gasteiger charge is -2.32. The molecular formula is C10H19F3N2O2. The molecule has 102 valence electrons. The van der Waals surface area contributed by atoms with E-state index in [2.05, 4.69) is 0 Å². The van der Waals surface area contributed by atoms with Gasteiger partial charge in [-0.25, -0.2) is 0 Å². The Morgan fingerprint density at radius 1 is 1.35 bits per heavy atom. The van der Waals surface area contributed by atoms with Gasteiger partial charge in [-0.15, -0.1) is 0 Å². The fourth-order valence-corrected chi connectivity index (χ4v) is 1.23. The number of nitrogens with zero attached hydrogens (tertiary/aromatic N) is 1. The van der Waals surface area contributed by atoms with Crippen molar-refractivity contribution in [3.05, 3.63) is 0 Å². The summed E-state index contributed by atoms with van der Waals surface area (Å²) in [6.07, 6.45) is -3.49. The minimum absolute atomic E-state index is 0.137. The molecule has 0 spiro atoms. The summed E-state index contributed by atoms with van der Waals surface area (Å²) in [6.45, 7) is 2.14. The lowest BCUT2D eigenvalue weighted by Crippen LogP contribution is -2.62. The van der Waals surface area contributed by atoms with E-state index < -0.39 is 17.6 Å². The molecule has 0 aliphatic rings. The fourth-order valence-electron chi connectivity index (χ4n) is 1.23. The molecule has 0 saturated carbocycles. The van der Waals surface area contributed by atoms with Gasteiger partial charge < -0.3 is 15.7 Å². The van der Waals surface area contributed by atoms with Gasteiger partial charge in [0.15, 0.2) is 5.54 Å². The first-order valence-corrected chi connectivity index (χ1v) is 5.44. The molecule has 0 aliphatic carbocycles. The van der Waals surface area contributed by atoms with E-state index >= 15 is 0 Å². The van der Waals surface area contributed by atoms with Gasteiger partial charge >= 0.3 is 6.18 Å². The van der Waals surface area contributed by atoms with Gasteiger partial charge in [-0.3, -0.25) is 4.79 Å². The van der Waals surface area contributed by atoms with Crippen LogP contribution in [-0.2, 0) is 4.79 Å². The molecule has 0 saturated heterocycles. The largest absolute Gasteiger partial charge is 0.415 e. The zero-order chi connectivity index (χ0) is 13.7. The number of rotatable bonds is 6. The van der Waals surface area contributed by atoms with E-state index in [1.165, 1.54) is 0 Å². The SMILES string of the molecule is CCCCN(CCO)C(=O)C(C)(N)C(F)(F)F. The second-order valence-corrected chi connectivity index (χ2v) is 4.07. The van der Waals surface area contributed by atoms with Crippen molar-refractivity contribution in [3.8, 4) is 0 Å². The van der Waals surface area contributed by atoms with E-state index in [1.807, 2.05) is 6.92 Å². The summed E-state index contributed by atoms with van der Waals surface area (Å²) >= 11 is 0. The van der Waals surface area contributed by atoms with Crippen LogP contribution < -0.4 is 5.73 Å². The lowest BCUT2D eigenvalue weighted by atomic mass is 10.0. The van der Waals surface area contributed by atoms with Crippen molar-refractivity contribution < 1.29 is 23.1 Å². The summed E-state index contributed by atoms with van der Waals surface area (Å²) in [4.78, 5) is 12.6. The van der Waals surface area contributed by atoms with E-state index in [-0.39, 0.29) is 19.7 Å². The van der Waals surface area contributed by atoms with Crippen LogP contribution in [0.5, 0.6) is 0 Å². The molecule has 0 aliphatic heterocycles. The van der Waals surface area contributed by atoms with Crippen molar-refractivity contribution in [2.24, 2.45) is 5.73 Å². The highest BCUT2D eigenvalue weighted by Crippen LogP contribution is 2.29. The highest BCUT2D eigenvalue weighted by molar-refractivity contribution is 5.86. The molecule has 0 rings (SSSR count). The number of unbranched alkanes of at least 4 members (excludes halogenated alkanes) is 1. The highest BCUT2D eigenvalue weighted by atomic mass is 19.4. The molecule has 0 aromatic heterocycles. The summed E-state index contributed by atoms with van der Waals surface area (Å²) in [5, 5.41) is 8.74. The summed E-state index contributed by atoms with van der Waals surface area (Å²) in [7, 11) is 0. The Bertz CT molecular complexity index is 254. The van der Waals surface area contributed by atoms with Crippen LogP contribution in [0.25, 0.3) is 0 Å². The quantitative estimate of drug-likeness (QED) is 0.741.